The maximum atomic E-state index is 12.8. The van der Waals surface area contributed by atoms with Crippen molar-refractivity contribution in [2.45, 2.75) is 25.8 Å². The van der Waals surface area contributed by atoms with Gasteiger partial charge in [-0.15, -0.1) is 0 Å². The van der Waals surface area contributed by atoms with Crippen LogP contribution in [0.15, 0.2) is 85.1 Å². The van der Waals surface area contributed by atoms with E-state index >= 15 is 0 Å². The zero-order valence-corrected chi connectivity index (χ0v) is 18.3. The molecule has 0 aliphatic rings. The van der Waals surface area contributed by atoms with Gasteiger partial charge in [-0.3, -0.25) is 4.79 Å². The molecule has 0 aliphatic heterocycles. The number of carbonyl (C=O) groups excluding carboxylic acids is 1. The van der Waals surface area contributed by atoms with Gasteiger partial charge in [0, 0.05) is 17.7 Å². The minimum absolute atomic E-state index is 0.0439. The molecule has 32 heavy (non-hydrogen) atoms. The normalized spacial score (nSPS) is 11.7. The van der Waals surface area contributed by atoms with Crippen molar-refractivity contribution in [1.29, 1.82) is 0 Å². The number of carbonyl (C=O) groups is 1. The molecule has 5 heteroatoms. The molecule has 0 aliphatic carbocycles. The number of nitrogens with zero attached hydrogens (tertiary/aromatic N) is 1. The van der Waals surface area contributed by atoms with Gasteiger partial charge in [0.05, 0.1) is 24.9 Å². The van der Waals surface area contributed by atoms with E-state index in [1.165, 1.54) is 0 Å². The Labute approximate surface area is 188 Å². The molecular weight excluding hydrogens is 398 g/mol. The van der Waals surface area contributed by atoms with Crippen molar-refractivity contribution in [3.63, 3.8) is 0 Å². The summed E-state index contributed by atoms with van der Waals surface area (Å²) >= 11 is 0. The van der Waals surface area contributed by atoms with Gasteiger partial charge in [0.15, 0.2) is 0 Å². The third kappa shape index (κ3) is 4.89. The number of rotatable bonds is 8. The van der Waals surface area contributed by atoms with Gasteiger partial charge in [-0.2, -0.15) is 0 Å². The molecule has 4 aromatic rings. The standard InChI is InChI=1S/C27H27N3O2/c1-3-24(20-10-5-4-6-11-20)27(31)29-17-19-9-7-13-22(15-19)26-28-18-25(30-26)21-12-8-14-23(16-21)32-2/h4-16,18,24H,3,17H2,1-2H3,(H,28,30)(H,29,31)/t24-/m0/s1. The number of benzene rings is 3. The first-order valence-electron chi connectivity index (χ1n) is 10.8. The maximum Gasteiger partial charge on any atom is 0.227 e. The van der Waals surface area contributed by atoms with Crippen LogP contribution in [0, 0.1) is 0 Å². The van der Waals surface area contributed by atoms with Crippen LogP contribution in [0.3, 0.4) is 0 Å². The number of methoxy groups -OCH3 is 1. The first-order valence-corrected chi connectivity index (χ1v) is 10.8. The molecule has 4 rings (SSSR count). The Morgan fingerprint density at radius 1 is 1.00 bits per heavy atom. The van der Waals surface area contributed by atoms with Crippen molar-refractivity contribution in [2.75, 3.05) is 7.11 Å². The van der Waals surface area contributed by atoms with Crippen molar-refractivity contribution in [3.05, 3.63) is 96.2 Å². The Balaban J connectivity index is 1.46. The largest absolute Gasteiger partial charge is 0.497 e. The van der Waals surface area contributed by atoms with Crippen LogP contribution in [0.4, 0.5) is 0 Å². The third-order valence-electron chi connectivity index (χ3n) is 5.55. The first-order chi connectivity index (χ1) is 15.7. The smallest absolute Gasteiger partial charge is 0.227 e. The summed E-state index contributed by atoms with van der Waals surface area (Å²) in [5.41, 5.74) is 4.98. The molecule has 0 bridgehead atoms. The van der Waals surface area contributed by atoms with Crippen LogP contribution < -0.4 is 10.1 Å². The fraction of sp³-hybridized carbons (Fsp3) is 0.185. The van der Waals surface area contributed by atoms with Gasteiger partial charge in [0.1, 0.15) is 11.6 Å². The minimum Gasteiger partial charge on any atom is -0.497 e. The topological polar surface area (TPSA) is 67.0 Å². The Bertz CT molecular complexity index is 1180. The molecule has 0 saturated heterocycles. The number of imidazole rings is 1. The summed E-state index contributed by atoms with van der Waals surface area (Å²) < 4.78 is 5.31. The monoisotopic (exact) mass is 425 g/mol. The molecule has 1 aromatic heterocycles. The molecule has 3 aromatic carbocycles. The van der Waals surface area contributed by atoms with Gasteiger partial charge in [0.2, 0.25) is 5.91 Å². The molecule has 0 radical (unpaired) electrons. The van der Waals surface area contributed by atoms with Crippen LogP contribution >= 0.6 is 0 Å². The molecule has 0 fully saturated rings. The van der Waals surface area contributed by atoms with E-state index < -0.39 is 0 Å². The minimum atomic E-state index is -0.144. The molecule has 5 nitrogen and oxygen atoms in total. The zero-order valence-electron chi connectivity index (χ0n) is 18.3. The van der Waals surface area contributed by atoms with Gasteiger partial charge < -0.3 is 15.0 Å². The summed E-state index contributed by atoms with van der Waals surface area (Å²) in [5.74, 6) is 1.49. The predicted molar refractivity (Wildman–Crippen MR) is 127 cm³/mol. The molecule has 0 unspecified atom stereocenters. The van der Waals surface area contributed by atoms with Gasteiger partial charge >= 0.3 is 0 Å². The van der Waals surface area contributed by atoms with Crippen molar-refractivity contribution >= 4 is 5.91 Å². The average Bonchev–Trinajstić information content (AvgIpc) is 3.35. The van der Waals surface area contributed by atoms with E-state index in [2.05, 4.69) is 21.4 Å². The highest BCUT2D eigenvalue weighted by Gasteiger charge is 2.18. The predicted octanol–water partition coefficient (Wildman–Crippen LogP) is 5.56. The van der Waals surface area contributed by atoms with Gasteiger partial charge in [-0.25, -0.2) is 4.98 Å². The van der Waals surface area contributed by atoms with Crippen molar-refractivity contribution in [2.24, 2.45) is 0 Å². The van der Waals surface area contributed by atoms with E-state index in [0.29, 0.717) is 6.54 Å². The summed E-state index contributed by atoms with van der Waals surface area (Å²) in [5, 5.41) is 3.09. The maximum absolute atomic E-state index is 12.8. The SMILES string of the molecule is CC[C@H](C(=O)NCc1cccc(-c2ncc(-c3cccc(OC)c3)[nH]2)c1)c1ccccc1. The van der Waals surface area contributed by atoms with E-state index in [-0.39, 0.29) is 11.8 Å². The highest BCUT2D eigenvalue weighted by Crippen LogP contribution is 2.26. The Kier molecular flexibility index (Phi) is 6.66. The molecule has 1 amide bonds. The van der Waals surface area contributed by atoms with Gasteiger partial charge in [-0.1, -0.05) is 67.6 Å². The van der Waals surface area contributed by atoms with Crippen LogP contribution in [-0.2, 0) is 11.3 Å². The highest BCUT2D eigenvalue weighted by atomic mass is 16.5. The first kappa shape index (κ1) is 21.4. The molecule has 0 saturated carbocycles. The quantitative estimate of drug-likeness (QED) is 0.388. The van der Waals surface area contributed by atoms with E-state index in [1.54, 1.807) is 7.11 Å². The lowest BCUT2D eigenvalue weighted by Crippen LogP contribution is -2.28. The summed E-state index contributed by atoms with van der Waals surface area (Å²) in [6, 6.07) is 25.8. The average molecular weight is 426 g/mol. The van der Waals surface area contributed by atoms with E-state index in [1.807, 2.05) is 85.9 Å². The lowest BCUT2D eigenvalue weighted by atomic mass is 9.95. The van der Waals surface area contributed by atoms with Gasteiger partial charge in [-0.05, 0) is 35.7 Å². The second-order valence-corrected chi connectivity index (χ2v) is 7.67. The number of aromatic nitrogens is 2. The van der Waals surface area contributed by atoms with Crippen molar-refractivity contribution < 1.29 is 9.53 Å². The van der Waals surface area contributed by atoms with Crippen LogP contribution in [0.2, 0.25) is 0 Å². The number of aromatic amines is 1. The number of H-pyrrole nitrogens is 1. The summed E-state index contributed by atoms with van der Waals surface area (Å²) in [7, 11) is 1.66. The number of nitrogens with one attached hydrogen (secondary N) is 2. The second-order valence-electron chi connectivity index (χ2n) is 7.67. The Hall–Kier alpha value is -3.86. The molecular formula is C27H27N3O2. The van der Waals surface area contributed by atoms with Crippen LogP contribution in [0.5, 0.6) is 5.75 Å². The number of ether oxygens (including phenoxy) is 1. The number of hydrogen-bond acceptors (Lipinski definition) is 3. The fourth-order valence-electron chi connectivity index (χ4n) is 3.80. The second kappa shape index (κ2) is 9.96. The van der Waals surface area contributed by atoms with E-state index in [9.17, 15) is 4.79 Å². The Morgan fingerprint density at radius 2 is 1.78 bits per heavy atom. The van der Waals surface area contributed by atoms with Crippen molar-refractivity contribution in [1.82, 2.24) is 15.3 Å². The van der Waals surface area contributed by atoms with Crippen LogP contribution in [0.25, 0.3) is 22.6 Å². The fourth-order valence-corrected chi connectivity index (χ4v) is 3.80. The number of amides is 1. The summed E-state index contributed by atoms with van der Waals surface area (Å²) in [6.45, 7) is 2.51. The molecule has 1 heterocycles. The lowest BCUT2D eigenvalue weighted by molar-refractivity contribution is -0.122. The zero-order chi connectivity index (χ0) is 22.3. The summed E-state index contributed by atoms with van der Waals surface area (Å²) in [4.78, 5) is 20.7. The summed E-state index contributed by atoms with van der Waals surface area (Å²) in [6.07, 6.45) is 2.58. The van der Waals surface area contributed by atoms with Gasteiger partial charge in [0.25, 0.3) is 0 Å². The molecule has 0 spiro atoms. The highest BCUT2D eigenvalue weighted by molar-refractivity contribution is 5.83. The molecule has 162 valence electrons. The van der Waals surface area contributed by atoms with E-state index in [4.69, 9.17) is 4.74 Å². The van der Waals surface area contributed by atoms with Crippen LogP contribution in [0.1, 0.15) is 30.4 Å². The van der Waals surface area contributed by atoms with E-state index in [0.717, 1.165) is 45.9 Å². The molecule has 2 N–H and O–H groups in total. The van der Waals surface area contributed by atoms with Crippen LogP contribution in [-0.4, -0.2) is 23.0 Å². The Morgan fingerprint density at radius 3 is 2.56 bits per heavy atom. The van der Waals surface area contributed by atoms with Crippen molar-refractivity contribution in [3.8, 4) is 28.4 Å². The third-order valence-corrected chi connectivity index (χ3v) is 5.55. The lowest BCUT2D eigenvalue weighted by Gasteiger charge is -2.15. The molecule has 1 atom stereocenters. The number of hydrogen-bond donors (Lipinski definition) is 2.